The molecule has 2 aromatic carbocycles. The molecule has 154 valence electrons. The minimum atomic E-state index is -0.202. The van der Waals surface area contributed by atoms with E-state index in [9.17, 15) is 9.90 Å². The molecule has 2 N–H and O–H groups in total. The maximum Gasteiger partial charge on any atom is 0.240 e. The Morgan fingerprint density at radius 1 is 1.07 bits per heavy atom. The van der Waals surface area contributed by atoms with Gasteiger partial charge in [0.15, 0.2) is 0 Å². The average molecular weight is 402 g/mol. The summed E-state index contributed by atoms with van der Waals surface area (Å²) < 4.78 is 1.94. The first-order chi connectivity index (χ1) is 14.5. The van der Waals surface area contributed by atoms with Crippen molar-refractivity contribution in [3.05, 3.63) is 67.0 Å². The van der Waals surface area contributed by atoms with Crippen LogP contribution in [0.1, 0.15) is 20.3 Å². The largest absolute Gasteiger partial charge is 0.394 e. The van der Waals surface area contributed by atoms with E-state index in [1.165, 1.54) is 0 Å². The molecule has 0 aliphatic heterocycles. The summed E-state index contributed by atoms with van der Waals surface area (Å²) in [6.45, 7) is 4.35. The van der Waals surface area contributed by atoms with E-state index in [0.29, 0.717) is 5.92 Å². The number of aliphatic hydroxyl groups excluding tert-OH is 1. The fraction of sp³-hybridized carbons (Fsp3) is 0.280. The Hall–Kier alpha value is -3.18. The number of rotatable bonds is 7. The van der Waals surface area contributed by atoms with Crippen molar-refractivity contribution in [2.24, 2.45) is 5.92 Å². The first-order valence-electron chi connectivity index (χ1n) is 10.4. The molecule has 5 heteroatoms. The molecule has 0 radical (unpaired) electrons. The van der Waals surface area contributed by atoms with Gasteiger partial charge in [-0.25, -0.2) is 0 Å². The van der Waals surface area contributed by atoms with Gasteiger partial charge in [-0.1, -0.05) is 38.1 Å². The molecule has 0 bridgehead atoms. The van der Waals surface area contributed by atoms with E-state index in [1.54, 1.807) is 0 Å². The summed E-state index contributed by atoms with van der Waals surface area (Å²) in [7, 11) is 0. The third kappa shape index (κ3) is 4.36. The summed E-state index contributed by atoms with van der Waals surface area (Å²) in [6.07, 6.45) is 4.60. The molecule has 2 heterocycles. The van der Waals surface area contributed by atoms with Crippen molar-refractivity contribution in [1.82, 2.24) is 14.9 Å². The first-order valence-corrected chi connectivity index (χ1v) is 10.4. The third-order valence-corrected chi connectivity index (χ3v) is 5.35. The van der Waals surface area contributed by atoms with E-state index >= 15 is 0 Å². The number of nitrogens with one attached hydrogen (secondary N) is 1. The second-order valence-corrected chi connectivity index (χ2v) is 8.21. The van der Waals surface area contributed by atoms with Gasteiger partial charge in [0.1, 0.15) is 6.54 Å². The van der Waals surface area contributed by atoms with E-state index in [1.807, 2.05) is 47.3 Å². The molecule has 0 saturated carbocycles. The number of aromatic nitrogens is 2. The van der Waals surface area contributed by atoms with Crippen molar-refractivity contribution in [3.8, 4) is 11.1 Å². The van der Waals surface area contributed by atoms with Gasteiger partial charge in [-0.3, -0.25) is 9.78 Å². The van der Waals surface area contributed by atoms with Crippen molar-refractivity contribution < 1.29 is 9.90 Å². The number of para-hydroxylation sites is 1. The summed E-state index contributed by atoms with van der Waals surface area (Å²) in [6, 6.07) is 18.3. The van der Waals surface area contributed by atoms with Crippen molar-refractivity contribution in [2.75, 3.05) is 6.61 Å². The zero-order valence-corrected chi connectivity index (χ0v) is 17.4. The lowest BCUT2D eigenvalue weighted by Gasteiger charge is -2.18. The van der Waals surface area contributed by atoms with E-state index in [0.717, 1.165) is 39.4 Å². The number of hydrogen-bond acceptors (Lipinski definition) is 3. The summed E-state index contributed by atoms with van der Waals surface area (Å²) in [4.78, 5) is 17.0. The van der Waals surface area contributed by atoms with Crippen molar-refractivity contribution >= 4 is 27.7 Å². The number of aliphatic hydroxyl groups is 1. The second-order valence-electron chi connectivity index (χ2n) is 8.21. The number of amides is 1. The summed E-state index contributed by atoms with van der Waals surface area (Å²) in [5, 5.41) is 14.6. The van der Waals surface area contributed by atoms with Crippen LogP contribution in [0.3, 0.4) is 0 Å². The van der Waals surface area contributed by atoms with Crippen molar-refractivity contribution in [2.45, 2.75) is 32.9 Å². The van der Waals surface area contributed by atoms with Crippen LogP contribution in [0, 0.1) is 5.92 Å². The van der Waals surface area contributed by atoms with Crippen LogP contribution >= 0.6 is 0 Å². The number of carbonyl (C=O) groups excluding carboxylic acids is 1. The van der Waals surface area contributed by atoms with Crippen LogP contribution in [0.5, 0.6) is 0 Å². The van der Waals surface area contributed by atoms with Crippen molar-refractivity contribution in [3.63, 3.8) is 0 Å². The highest BCUT2D eigenvalue weighted by Gasteiger charge is 2.14. The standard InChI is InChI=1S/C25H27N3O2/c1-17(2)11-22(16-29)27-25(30)15-28-10-9-20-12-18(7-8-24(20)28)21-13-19-5-3-4-6-23(19)26-14-21/h3-10,12-14,17,22,29H,11,15-16H2,1-2H3,(H,27,30)/t22-/m0/s1. The normalized spacial score (nSPS) is 12.5. The molecule has 1 amide bonds. The van der Waals surface area contributed by atoms with Gasteiger partial charge in [0.05, 0.1) is 18.2 Å². The van der Waals surface area contributed by atoms with Gasteiger partial charge in [-0.15, -0.1) is 0 Å². The number of fused-ring (bicyclic) bond motifs is 2. The lowest BCUT2D eigenvalue weighted by molar-refractivity contribution is -0.122. The topological polar surface area (TPSA) is 67.2 Å². The average Bonchev–Trinajstić information content (AvgIpc) is 3.14. The van der Waals surface area contributed by atoms with Crippen LogP contribution in [0.2, 0.25) is 0 Å². The number of hydrogen-bond donors (Lipinski definition) is 2. The van der Waals surface area contributed by atoms with E-state index in [2.05, 4.69) is 48.4 Å². The number of pyridine rings is 1. The minimum Gasteiger partial charge on any atom is -0.394 e. The fourth-order valence-electron chi connectivity index (χ4n) is 3.92. The van der Waals surface area contributed by atoms with Crippen LogP contribution in [-0.2, 0) is 11.3 Å². The molecule has 0 fully saturated rings. The van der Waals surface area contributed by atoms with E-state index in [-0.39, 0.29) is 25.1 Å². The number of carbonyl (C=O) groups is 1. The second kappa shape index (κ2) is 8.67. The van der Waals surface area contributed by atoms with Gasteiger partial charge in [0.25, 0.3) is 0 Å². The zero-order chi connectivity index (χ0) is 21.1. The Bertz CT molecular complexity index is 1180. The SMILES string of the molecule is CC(C)C[C@@H](CO)NC(=O)Cn1ccc2cc(-c3cnc4ccccc4c3)ccc21. The van der Waals surface area contributed by atoms with Crippen LogP contribution < -0.4 is 5.32 Å². The zero-order valence-electron chi connectivity index (χ0n) is 17.4. The van der Waals surface area contributed by atoms with Crippen LogP contribution in [0.4, 0.5) is 0 Å². The van der Waals surface area contributed by atoms with Gasteiger partial charge in [-0.05, 0) is 48.2 Å². The summed E-state index contributed by atoms with van der Waals surface area (Å²) in [5.74, 6) is 0.327. The summed E-state index contributed by atoms with van der Waals surface area (Å²) in [5.41, 5.74) is 4.16. The highest BCUT2D eigenvalue weighted by atomic mass is 16.3. The van der Waals surface area contributed by atoms with Gasteiger partial charge in [0, 0.05) is 34.2 Å². The molecular weight excluding hydrogens is 374 g/mol. The molecule has 0 spiro atoms. The quantitative estimate of drug-likeness (QED) is 0.483. The number of benzene rings is 2. The Labute approximate surface area is 176 Å². The first kappa shape index (κ1) is 20.1. The van der Waals surface area contributed by atoms with Gasteiger partial charge in [-0.2, -0.15) is 0 Å². The monoisotopic (exact) mass is 401 g/mol. The Morgan fingerprint density at radius 3 is 2.67 bits per heavy atom. The molecule has 0 aliphatic carbocycles. The highest BCUT2D eigenvalue weighted by molar-refractivity contribution is 5.89. The molecular formula is C25H27N3O2. The maximum absolute atomic E-state index is 12.5. The van der Waals surface area contributed by atoms with Crippen LogP contribution in [0.25, 0.3) is 32.9 Å². The van der Waals surface area contributed by atoms with E-state index in [4.69, 9.17) is 0 Å². The van der Waals surface area contributed by atoms with Crippen molar-refractivity contribution in [1.29, 1.82) is 0 Å². The van der Waals surface area contributed by atoms with Crippen LogP contribution in [0.15, 0.2) is 67.0 Å². The Balaban J connectivity index is 1.54. The smallest absolute Gasteiger partial charge is 0.240 e. The van der Waals surface area contributed by atoms with Gasteiger partial charge in [0.2, 0.25) is 5.91 Å². The molecule has 4 aromatic rings. The Morgan fingerprint density at radius 2 is 1.87 bits per heavy atom. The molecule has 30 heavy (non-hydrogen) atoms. The molecule has 0 aliphatic rings. The fourth-order valence-corrected chi connectivity index (χ4v) is 3.92. The number of nitrogens with zero attached hydrogens (tertiary/aromatic N) is 2. The molecule has 1 atom stereocenters. The molecule has 2 aromatic heterocycles. The molecule has 0 unspecified atom stereocenters. The molecule has 4 rings (SSSR count). The molecule has 5 nitrogen and oxygen atoms in total. The lowest BCUT2D eigenvalue weighted by Crippen LogP contribution is -2.40. The highest BCUT2D eigenvalue weighted by Crippen LogP contribution is 2.27. The third-order valence-electron chi connectivity index (χ3n) is 5.35. The lowest BCUT2D eigenvalue weighted by atomic mass is 10.0. The van der Waals surface area contributed by atoms with Gasteiger partial charge >= 0.3 is 0 Å². The maximum atomic E-state index is 12.5. The van der Waals surface area contributed by atoms with Crippen LogP contribution in [-0.4, -0.2) is 33.2 Å². The minimum absolute atomic E-state index is 0.0422. The predicted molar refractivity (Wildman–Crippen MR) is 121 cm³/mol. The van der Waals surface area contributed by atoms with Gasteiger partial charge < -0.3 is 15.0 Å². The predicted octanol–water partition coefficient (Wildman–Crippen LogP) is 4.38. The van der Waals surface area contributed by atoms with E-state index < -0.39 is 0 Å². The Kier molecular flexibility index (Phi) is 5.81. The summed E-state index contributed by atoms with van der Waals surface area (Å²) >= 11 is 0. The molecule has 0 saturated heterocycles.